The topological polar surface area (TPSA) is 9.23 Å². The summed E-state index contributed by atoms with van der Waals surface area (Å²) in [6.45, 7) is 5.63. The summed E-state index contributed by atoms with van der Waals surface area (Å²) >= 11 is 10.1. The highest BCUT2D eigenvalue weighted by Gasteiger charge is 2.24. The van der Waals surface area contributed by atoms with Crippen molar-refractivity contribution in [2.75, 3.05) is 7.11 Å². The second-order valence-corrected chi connectivity index (χ2v) is 6.38. The first kappa shape index (κ1) is 16.3. The Morgan fingerprint density at radius 1 is 1.19 bits per heavy atom. The van der Waals surface area contributed by atoms with Crippen LogP contribution in [0, 0.1) is 26.6 Å². The second kappa shape index (κ2) is 6.37. The number of hydrogen-bond acceptors (Lipinski definition) is 1. The number of alkyl halides is 1. The van der Waals surface area contributed by atoms with Crippen molar-refractivity contribution in [2.24, 2.45) is 0 Å². The number of hydrogen-bond donors (Lipinski definition) is 0. The zero-order valence-corrected chi connectivity index (χ0v) is 14.8. The average molecular weight is 372 g/mol. The van der Waals surface area contributed by atoms with Crippen LogP contribution in [0.25, 0.3) is 0 Å². The van der Waals surface area contributed by atoms with Crippen molar-refractivity contribution in [2.45, 2.75) is 26.1 Å². The minimum Gasteiger partial charge on any atom is -0.496 e. The molecule has 0 saturated heterocycles. The maximum Gasteiger partial charge on any atom is 0.131 e. The lowest BCUT2D eigenvalue weighted by Crippen LogP contribution is -2.05. The molecule has 0 bridgehead atoms. The first-order valence-corrected chi connectivity index (χ1v) is 7.84. The van der Waals surface area contributed by atoms with Crippen LogP contribution in [-0.2, 0) is 0 Å². The fourth-order valence-electron chi connectivity index (χ4n) is 2.47. The summed E-state index contributed by atoms with van der Waals surface area (Å²) in [5.41, 5.74) is 3.77. The highest BCUT2D eigenvalue weighted by atomic mass is 79.9. The number of methoxy groups -OCH3 is 1. The molecule has 0 aliphatic heterocycles. The van der Waals surface area contributed by atoms with E-state index in [1.54, 1.807) is 26.2 Å². The molecule has 2 aromatic rings. The van der Waals surface area contributed by atoms with E-state index in [0.29, 0.717) is 16.9 Å². The molecule has 1 unspecified atom stereocenters. The van der Waals surface area contributed by atoms with Crippen molar-refractivity contribution in [3.05, 3.63) is 62.4 Å². The Labute approximate surface area is 138 Å². The van der Waals surface area contributed by atoms with Crippen LogP contribution in [-0.4, -0.2) is 7.11 Å². The largest absolute Gasteiger partial charge is 0.496 e. The Bertz CT molecular complexity index is 685. The lowest BCUT2D eigenvalue weighted by atomic mass is 9.95. The second-order valence-electron chi connectivity index (χ2n) is 5.09. The van der Waals surface area contributed by atoms with Gasteiger partial charge in [0.15, 0.2) is 0 Å². The quantitative estimate of drug-likeness (QED) is 0.615. The van der Waals surface area contributed by atoms with Gasteiger partial charge in [-0.2, -0.15) is 0 Å². The highest BCUT2D eigenvalue weighted by Crippen LogP contribution is 2.42. The summed E-state index contributed by atoms with van der Waals surface area (Å²) in [6, 6.07) is 7.25. The Balaban J connectivity index is 2.68. The van der Waals surface area contributed by atoms with E-state index in [9.17, 15) is 4.39 Å². The molecule has 0 amide bonds. The van der Waals surface area contributed by atoms with E-state index in [1.807, 2.05) is 26.0 Å². The fourth-order valence-corrected chi connectivity index (χ4v) is 3.46. The van der Waals surface area contributed by atoms with Crippen LogP contribution in [0.3, 0.4) is 0 Å². The maximum atomic E-state index is 14.4. The van der Waals surface area contributed by atoms with E-state index in [4.69, 9.17) is 16.3 Å². The van der Waals surface area contributed by atoms with Gasteiger partial charge in [0.2, 0.25) is 0 Å². The van der Waals surface area contributed by atoms with Crippen molar-refractivity contribution < 1.29 is 9.13 Å². The van der Waals surface area contributed by atoms with Gasteiger partial charge in [-0.05, 0) is 43.5 Å². The third-order valence-corrected chi connectivity index (χ3v) is 4.94. The summed E-state index contributed by atoms with van der Waals surface area (Å²) in [6.07, 6.45) is 0. The number of aryl methyl sites for hydroxylation is 2. The molecule has 0 N–H and O–H groups in total. The first-order chi connectivity index (χ1) is 9.88. The number of rotatable bonds is 3. The predicted molar refractivity (Wildman–Crippen MR) is 89.0 cm³/mol. The lowest BCUT2D eigenvalue weighted by molar-refractivity contribution is 0.406. The average Bonchev–Trinajstić information content (AvgIpc) is 2.44. The summed E-state index contributed by atoms with van der Waals surface area (Å²) in [7, 11) is 1.61. The summed E-state index contributed by atoms with van der Waals surface area (Å²) < 4.78 is 20.8. The first-order valence-electron chi connectivity index (χ1n) is 6.61. The van der Waals surface area contributed by atoms with Gasteiger partial charge in [0.05, 0.1) is 12.5 Å². The van der Waals surface area contributed by atoms with Gasteiger partial charge < -0.3 is 4.74 Å². The SMILES string of the molecule is COc1c(C)cc(Br)c(C)c1C(Cl)c1cccc(C)c1F. The third-order valence-electron chi connectivity index (χ3n) is 3.66. The maximum absolute atomic E-state index is 14.4. The van der Waals surface area contributed by atoms with E-state index < -0.39 is 5.38 Å². The van der Waals surface area contributed by atoms with E-state index in [2.05, 4.69) is 15.9 Å². The van der Waals surface area contributed by atoms with Crippen LogP contribution in [0.4, 0.5) is 4.39 Å². The third kappa shape index (κ3) is 2.95. The van der Waals surface area contributed by atoms with Crippen LogP contribution in [0.2, 0.25) is 0 Å². The van der Waals surface area contributed by atoms with Crippen LogP contribution in [0.1, 0.15) is 33.2 Å². The zero-order valence-electron chi connectivity index (χ0n) is 12.4. The number of halogens is 3. The molecule has 112 valence electrons. The van der Waals surface area contributed by atoms with E-state index in [-0.39, 0.29) is 5.82 Å². The zero-order chi connectivity index (χ0) is 15.7. The molecule has 0 spiro atoms. The molecule has 0 fully saturated rings. The van der Waals surface area contributed by atoms with Crippen molar-refractivity contribution in [1.82, 2.24) is 0 Å². The molecule has 0 aliphatic carbocycles. The highest BCUT2D eigenvalue weighted by molar-refractivity contribution is 9.10. The van der Waals surface area contributed by atoms with Gasteiger partial charge in [0.1, 0.15) is 11.6 Å². The molecule has 0 aromatic heterocycles. The standard InChI is InChI=1S/C17H17BrClFO/c1-9-6-5-7-12(16(9)20)15(19)14-11(3)13(18)8-10(2)17(14)21-4/h5-8,15H,1-4H3. The van der Waals surface area contributed by atoms with Crippen LogP contribution in [0.5, 0.6) is 5.75 Å². The number of ether oxygens (including phenoxy) is 1. The monoisotopic (exact) mass is 370 g/mol. The molecule has 1 nitrogen and oxygen atoms in total. The lowest BCUT2D eigenvalue weighted by Gasteiger charge is -2.21. The van der Waals surface area contributed by atoms with Crippen molar-refractivity contribution in [3.8, 4) is 5.75 Å². The van der Waals surface area contributed by atoms with Gasteiger partial charge >= 0.3 is 0 Å². The van der Waals surface area contributed by atoms with Gasteiger partial charge in [-0.3, -0.25) is 0 Å². The van der Waals surface area contributed by atoms with Gasteiger partial charge in [-0.15, -0.1) is 11.6 Å². The number of benzene rings is 2. The van der Waals surface area contributed by atoms with E-state index in [0.717, 1.165) is 21.2 Å². The summed E-state index contributed by atoms with van der Waals surface area (Å²) in [5.74, 6) is 0.438. The molecule has 2 aromatic carbocycles. The Hall–Kier alpha value is -1.06. The van der Waals surface area contributed by atoms with Gasteiger partial charge in [-0.1, -0.05) is 34.1 Å². The van der Waals surface area contributed by atoms with Crippen LogP contribution in [0.15, 0.2) is 28.7 Å². The molecule has 0 heterocycles. The minimum atomic E-state index is -0.601. The van der Waals surface area contributed by atoms with Gasteiger partial charge in [-0.25, -0.2) is 4.39 Å². The fraction of sp³-hybridized carbons (Fsp3) is 0.294. The van der Waals surface area contributed by atoms with Crippen molar-refractivity contribution >= 4 is 27.5 Å². The summed E-state index contributed by atoms with van der Waals surface area (Å²) in [5, 5.41) is -0.601. The molecule has 4 heteroatoms. The van der Waals surface area contributed by atoms with E-state index in [1.165, 1.54) is 0 Å². The molecule has 1 atom stereocenters. The molecule has 0 saturated carbocycles. The molecular formula is C17H17BrClFO. The molecule has 2 rings (SSSR count). The van der Waals surface area contributed by atoms with E-state index >= 15 is 0 Å². The van der Waals surface area contributed by atoms with Gasteiger partial charge in [0.25, 0.3) is 0 Å². The van der Waals surface area contributed by atoms with Crippen molar-refractivity contribution in [3.63, 3.8) is 0 Å². The Kier molecular flexibility index (Phi) is 4.95. The van der Waals surface area contributed by atoms with Crippen molar-refractivity contribution in [1.29, 1.82) is 0 Å². The van der Waals surface area contributed by atoms with Gasteiger partial charge in [0, 0.05) is 15.6 Å². The normalized spacial score (nSPS) is 12.3. The Morgan fingerprint density at radius 3 is 2.48 bits per heavy atom. The molecule has 21 heavy (non-hydrogen) atoms. The molecular weight excluding hydrogens is 355 g/mol. The minimum absolute atomic E-state index is 0.267. The molecule has 0 radical (unpaired) electrons. The van der Waals surface area contributed by atoms with Crippen LogP contribution >= 0.6 is 27.5 Å². The predicted octanol–water partition coefficient (Wildman–Crippen LogP) is 5.85. The summed E-state index contributed by atoms with van der Waals surface area (Å²) in [4.78, 5) is 0. The van der Waals surface area contributed by atoms with Crippen LogP contribution < -0.4 is 4.74 Å². The Morgan fingerprint density at radius 2 is 1.86 bits per heavy atom. The molecule has 0 aliphatic rings. The smallest absolute Gasteiger partial charge is 0.131 e.